The Morgan fingerprint density at radius 2 is 2.21 bits per heavy atom. The van der Waals surface area contributed by atoms with Crippen LogP contribution in [0.3, 0.4) is 0 Å². The van der Waals surface area contributed by atoms with Crippen molar-refractivity contribution in [3.05, 3.63) is 29.3 Å². The summed E-state index contributed by atoms with van der Waals surface area (Å²) in [6.07, 6.45) is 3.27. The van der Waals surface area contributed by atoms with Crippen molar-refractivity contribution in [2.75, 3.05) is 0 Å². The van der Waals surface area contributed by atoms with Crippen LogP contribution in [0.4, 0.5) is 0 Å². The average molecular weight is 191 g/mol. The molecule has 2 heteroatoms. The highest BCUT2D eigenvalue weighted by molar-refractivity contribution is 5.42. The molecular formula is C12H17NO. The first-order valence-corrected chi connectivity index (χ1v) is 5.30. The predicted octanol–water partition coefficient (Wildman–Crippen LogP) is 2.36. The van der Waals surface area contributed by atoms with Gasteiger partial charge in [-0.2, -0.15) is 0 Å². The summed E-state index contributed by atoms with van der Waals surface area (Å²) in [6, 6.07) is 5.91. The van der Waals surface area contributed by atoms with Crippen LogP contribution in [0.25, 0.3) is 0 Å². The van der Waals surface area contributed by atoms with Gasteiger partial charge < -0.3 is 10.8 Å². The second-order valence-corrected chi connectivity index (χ2v) is 4.07. The van der Waals surface area contributed by atoms with Gasteiger partial charge in [0, 0.05) is 11.6 Å². The zero-order valence-electron chi connectivity index (χ0n) is 8.53. The molecule has 1 aliphatic rings. The number of aryl methyl sites for hydroxylation is 1. The second-order valence-electron chi connectivity index (χ2n) is 4.07. The molecule has 1 atom stereocenters. The third-order valence-corrected chi connectivity index (χ3v) is 3.02. The van der Waals surface area contributed by atoms with Crippen LogP contribution in [0, 0.1) is 5.92 Å². The lowest BCUT2D eigenvalue weighted by Crippen LogP contribution is -2.12. The minimum absolute atomic E-state index is 0.0292. The third-order valence-electron chi connectivity index (χ3n) is 3.02. The van der Waals surface area contributed by atoms with Gasteiger partial charge in [-0.3, -0.25) is 0 Å². The topological polar surface area (TPSA) is 46.2 Å². The quantitative estimate of drug-likeness (QED) is 0.770. The Labute approximate surface area is 84.7 Å². The zero-order chi connectivity index (χ0) is 10.1. The highest BCUT2D eigenvalue weighted by Gasteiger charge is 2.31. The van der Waals surface area contributed by atoms with Crippen LogP contribution in [0.1, 0.15) is 36.9 Å². The van der Waals surface area contributed by atoms with E-state index in [0.717, 1.165) is 17.5 Å². The molecule has 1 aromatic carbocycles. The fraction of sp³-hybridized carbons (Fsp3) is 0.500. The maximum Gasteiger partial charge on any atom is 0.123 e. The van der Waals surface area contributed by atoms with Gasteiger partial charge in [0.05, 0.1) is 0 Å². The number of rotatable bonds is 3. The van der Waals surface area contributed by atoms with Crippen molar-refractivity contribution in [3.63, 3.8) is 0 Å². The van der Waals surface area contributed by atoms with E-state index in [-0.39, 0.29) is 6.04 Å². The number of aromatic hydroxyl groups is 1. The van der Waals surface area contributed by atoms with Crippen molar-refractivity contribution < 1.29 is 5.11 Å². The fourth-order valence-electron chi connectivity index (χ4n) is 1.87. The van der Waals surface area contributed by atoms with Gasteiger partial charge in [0.1, 0.15) is 5.75 Å². The third kappa shape index (κ3) is 1.62. The molecule has 0 saturated heterocycles. The van der Waals surface area contributed by atoms with E-state index in [0.29, 0.717) is 11.7 Å². The first kappa shape index (κ1) is 9.53. The smallest absolute Gasteiger partial charge is 0.123 e. The lowest BCUT2D eigenvalue weighted by molar-refractivity contribution is 0.450. The summed E-state index contributed by atoms with van der Waals surface area (Å²) in [6.45, 7) is 2.04. The zero-order valence-corrected chi connectivity index (χ0v) is 8.53. The molecule has 2 rings (SSSR count). The summed E-state index contributed by atoms with van der Waals surface area (Å²) < 4.78 is 0. The van der Waals surface area contributed by atoms with E-state index in [1.165, 1.54) is 12.8 Å². The van der Waals surface area contributed by atoms with Crippen LogP contribution < -0.4 is 5.73 Å². The lowest BCUT2D eigenvalue weighted by atomic mass is 9.98. The molecule has 1 saturated carbocycles. The van der Waals surface area contributed by atoms with Gasteiger partial charge >= 0.3 is 0 Å². The van der Waals surface area contributed by atoms with Crippen LogP contribution in [-0.4, -0.2) is 5.11 Å². The molecule has 0 radical (unpaired) electrons. The number of para-hydroxylation sites is 1. The van der Waals surface area contributed by atoms with Gasteiger partial charge in [-0.05, 0) is 30.7 Å². The van der Waals surface area contributed by atoms with Crippen LogP contribution >= 0.6 is 0 Å². The average Bonchev–Trinajstić information content (AvgIpc) is 3.00. The number of benzene rings is 1. The summed E-state index contributed by atoms with van der Waals surface area (Å²) in [5, 5.41) is 9.96. The molecule has 0 heterocycles. The van der Waals surface area contributed by atoms with Crippen molar-refractivity contribution in [1.82, 2.24) is 0 Å². The number of phenolic OH excluding ortho intramolecular Hbond substituents is 1. The Kier molecular flexibility index (Phi) is 2.46. The Balaban J connectivity index is 2.31. The first-order valence-electron chi connectivity index (χ1n) is 5.30. The van der Waals surface area contributed by atoms with Gasteiger partial charge in [-0.25, -0.2) is 0 Å². The second kappa shape index (κ2) is 3.62. The standard InChI is InChI=1S/C12H17NO/c1-2-8-4-3-5-10(12(8)14)11(13)9-6-7-9/h3-5,9,11,14H,2,6-7,13H2,1H3/t11-/m1/s1. The summed E-state index contributed by atoms with van der Waals surface area (Å²) in [4.78, 5) is 0. The van der Waals surface area contributed by atoms with Gasteiger partial charge in [-0.1, -0.05) is 25.1 Å². The van der Waals surface area contributed by atoms with Crippen molar-refractivity contribution in [3.8, 4) is 5.75 Å². The molecule has 1 fully saturated rings. The van der Waals surface area contributed by atoms with E-state index < -0.39 is 0 Å². The van der Waals surface area contributed by atoms with Crippen molar-refractivity contribution in [2.24, 2.45) is 11.7 Å². The summed E-state index contributed by atoms with van der Waals surface area (Å²) >= 11 is 0. The summed E-state index contributed by atoms with van der Waals surface area (Å²) in [5.74, 6) is 1.00. The maximum atomic E-state index is 9.96. The number of nitrogens with two attached hydrogens (primary N) is 1. The van der Waals surface area contributed by atoms with E-state index in [2.05, 4.69) is 0 Å². The first-order chi connectivity index (χ1) is 6.74. The number of hydrogen-bond acceptors (Lipinski definition) is 2. The van der Waals surface area contributed by atoms with Crippen LogP contribution in [-0.2, 0) is 6.42 Å². The van der Waals surface area contributed by atoms with Gasteiger partial charge in [-0.15, -0.1) is 0 Å². The highest BCUT2D eigenvalue weighted by atomic mass is 16.3. The van der Waals surface area contributed by atoms with Crippen LogP contribution in [0.2, 0.25) is 0 Å². The summed E-state index contributed by atoms with van der Waals surface area (Å²) in [7, 11) is 0. The van der Waals surface area contributed by atoms with Crippen molar-refractivity contribution >= 4 is 0 Å². The molecule has 0 bridgehead atoms. The van der Waals surface area contributed by atoms with Gasteiger partial charge in [0.25, 0.3) is 0 Å². The normalized spacial score (nSPS) is 18.1. The van der Waals surface area contributed by atoms with E-state index in [4.69, 9.17) is 5.73 Å². The van der Waals surface area contributed by atoms with Crippen LogP contribution in [0.15, 0.2) is 18.2 Å². The fourth-order valence-corrected chi connectivity index (χ4v) is 1.87. The van der Waals surface area contributed by atoms with Crippen LogP contribution in [0.5, 0.6) is 5.75 Å². The Morgan fingerprint density at radius 3 is 2.79 bits per heavy atom. The van der Waals surface area contributed by atoms with E-state index in [1.54, 1.807) is 0 Å². The Morgan fingerprint density at radius 1 is 1.50 bits per heavy atom. The molecule has 0 amide bonds. The SMILES string of the molecule is CCc1cccc([C@H](N)C2CC2)c1O. The Bertz CT molecular complexity index is 331. The largest absolute Gasteiger partial charge is 0.507 e. The minimum atomic E-state index is 0.0292. The van der Waals surface area contributed by atoms with Crippen molar-refractivity contribution in [2.45, 2.75) is 32.2 Å². The van der Waals surface area contributed by atoms with Gasteiger partial charge in [0.2, 0.25) is 0 Å². The molecule has 0 spiro atoms. The predicted molar refractivity (Wildman–Crippen MR) is 57.1 cm³/mol. The lowest BCUT2D eigenvalue weighted by Gasteiger charge is -2.14. The Hall–Kier alpha value is -1.02. The molecule has 1 aromatic rings. The molecular weight excluding hydrogens is 174 g/mol. The van der Waals surface area contributed by atoms with Crippen molar-refractivity contribution in [1.29, 1.82) is 0 Å². The monoisotopic (exact) mass is 191 g/mol. The van der Waals surface area contributed by atoms with E-state index in [1.807, 2.05) is 25.1 Å². The minimum Gasteiger partial charge on any atom is -0.507 e. The van der Waals surface area contributed by atoms with E-state index >= 15 is 0 Å². The molecule has 3 N–H and O–H groups in total. The molecule has 14 heavy (non-hydrogen) atoms. The maximum absolute atomic E-state index is 9.96. The molecule has 0 unspecified atom stereocenters. The number of phenols is 1. The number of hydrogen-bond donors (Lipinski definition) is 2. The van der Waals surface area contributed by atoms with Gasteiger partial charge in [0.15, 0.2) is 0 Å². The summed E-state index contributed by atoms with van der Waals surface area (Å²) in [5.41, 5.74) is 7.99. The molecule has 1 aliphatic carbocycles. The molecule has 76 valence electrons. The molecule has 2 nitrogen and oxygen atoms in total. The van der Waals surface area contributed by atoms with E-state index in [9.17, 15) is 5.11 Å². The molecule has 0 aliphatic heterocycles. The molecule has 0 aromatic heterocycles. The highest BCUT2D eigenvalue weighted by Crippen LogP contribution is 2.42.